The van der Waals surface area contributed by atoms with Crippen LogP contribution in [0.5, 0.6) is 0 Å². The Morgan fingerprint density at radius 1 is 1.06 bits per heavy atom. The maximum absolute atomic E-state index is 11.7. The maximum Gasteiger partial charge on any atom is 0.409 e. The van der Waals surface area contributed by atoms with Crippen molar-refractivity contribution < 1.29 is 18.0 Å². The van der Waals surface area contributed by atoms with Crippen LogP contribution in [0.15, 0.2) is 48.6 Å². The van der Waals surface area contributed by atoms with Crippen LogP contribution < -0.4 is 0 Å². The third kappa shape index (κ3) is 5.14. The SMILES string of the molecule is O=C(/C=C/c1ccccc1)/C=C/C(F)(F)F. The van der Waals surface area contributed by atoms with Gasteiger partial charge in [0.2, 0.25) is 0 Å². The molecule has 0 heterocycles. The molecule has 0 aliphatic rings. The molecule has 0 aliphatic carbocycles. The van der Waals surface area contributed by atoms with Crippen molar-refractivity contribution in [3.63, 3.8) is 0 Å². The lowest BCUT2D eigenvalue weighted by Gasteiger charge is -1.95. The first kappa shape index (κ1) is 12.2. The fourth-order valence-corrected chi connectivity index (χ4v) is 0.975. The first-order valence-electron chi connectivity index (χ1n) is 4.50. The molecule has 0 spiro atoms. The highest BCUT2D eigenvalue weighted by molar-refractivity contribution is 6.02. The van der Waals surface area contributed by atoms with Crippen LogP contribution >= 0.6 is 0 Å². The minimum absolute atomic E-state index is 0.0787. The Morgan fingerprint density at radius 2 is 1.69 bits per heavy atom. The van der Waals surface area contributed by atoms with Crippen molar-refractivity contribution in [1.82, 2.24) is 0 Å². The van der Waals surface area contributed by atoms with Crippen molar-refractivity contribution in [2.75, 3.05) is 0 Å². The van der Waals surface area contributed by atoms with Gasteiger partial charge in [-0.15, -0.1) is 0 Å². The van der Waals surface area contributed by atoms with Crippen LogP contribution in [0.4, 0.5) is 13.2 Å². The van der Waals surface area contributed by atoms with Crippen LogP contribution in [-0.2, 0) is 4.79 Å². The highest BCUT2D eigenvalue weighted by atomic mass is 19.4. The summed E-state index contributed by atoms with van der Waals surface area (Å²) >= 11 is 0. The van der Waals surface area contributed by atoms with Crippen molar-refractivity contribution in [2.24, 2.45) is 0 Å². The first-order valence-corrected chi connectivity index (χ1v) is 4.50. The lowest BCUT2D eigenvalue weighted by Crippen LogP contribution is -2.02. The highest BCUT2D eigenvalue weighted by Crippen LogP contribution is 2.15. The third-order valence-corrected chi connectivity index (χ3v) is 1.68. The molecule has 1 nitrogen and oxygen atoms in total. The normalized spacial score (nSPS) is 12.4. The summed E-state index contributed by atoms with van der Waals surface area (Å²) in [5, 5.41) is 0. The molecule has 0 N–H and O–H groups in total. The Hall–Kier alpha value is -1.84. The molecule has 0 radical (unpaired) electrons. The van der Waals surface area contributed by atoms with Gasteiger partial charge in [-0.25, -0.2) is 0 Å². The minimum atomic E-state index is -4.45. The van der Waals surface area contributed by atoms with Gasteiger partial charge >= 0.3 is 6.18 Å². The van der Waals surface area contributed by atoms with Gasteiger partial charge in [-0.3, -0.25) is 4.79 Å². The van der Waals surface area contributed by atoms with E-state index in [1.54, 1.807) is 24.3 Å². The van der Waals surface area contributed by atoms with Crippen molar-refractivity contribution in [3.8, 4) is 0 Å². The molecule has 0 atom stereocenters. The lowest BCUT2D eigenvalue weighted by atomic mass is 10.2. The van der Waals surface area contributed by atoms with Gasteiger partial charge in [-0.05, 0) is 17.7 Å². The number of hydrogen-bond acceptors (Lipinski definition) is 1. The van der Waals surface area contributed by atoms with Crippen LogP contribution in [0.1, 0.15) is 5.56 Å². The Labute approximate surface area is 90.9 Å². The Balaban J connectivity index is 2.59. The monoisotopic (exact) mass is 226 g/mol. The van der Waals surface area contributed by atoms with E-state index in [4.69, 9.17) is 0 Å². The molecule has 1 aromatic rings. The molecule has 1 aromatic carbocycles. The molecule has 0 amide bonds. The standard InChI is InChI=1S/C12H9F3O/c13-12(14,15)9-8-11(16)7-6-10-4-2-1-3-5-10/h1-9H/b7-6+,9-8+. The van der Waals surface area contributed by atoms with E-state index in [1.165, 1.54) is 6.08 Å². The summed E-state index contributed by atoms with van der Waals surface area (Å²) in [6.45, 7) is 0. The average Bonchev–Trinajstić information content (AvgIpc) is 2.24. The summed E-state index contributed by atoms with van der Waals surface area (Å²) in [7, 11) is 0. The van der Waals surface area contributed by atoms with Gasteiger partial charge in [-0.2, -0.15) is 13.2 Å². The second-order valence-corrected chi connectivity index (χ2v) is 3.02. The van der Waals surface area contributed by atoms with Gasteiger partial charge in [-0.1, -0.05) is 36.4 Å². The first-order chi connectivity index (χ1) is 7.47. The molecule has 84 valence electrons. The number of ketones is 1. The molecule has 0 aromatic heterocycles. The van der Waals surface area contributed by atoms with E-state index in [-0.39, 0.29) is 6.08 Å². The third-order valence-electron chi connectivity index (χ3n) is 1.68. The molecule has 0 saturated carbocycles. The van der Waals surface area contributed by atoms with Crippen molar-refractivity contribution >= 4 is 11.9 Å². The largest absolute Gasteiger partial charge is 0.409 e. The van der Waals surface area contributed by atoms with E-state index < -0.39 is 12.0 Å². The quantitative estimate of drug-likeness (QED) is 0.722. The number of rotatable bonds is 3. The van der Waals surface area contributed by atoms with Gasteiger partial charge in [0.15, 0.2) is 5.78 Å². The Bertz CT molecular complexity index is 402. The smallest absolute Gasteiger partial charge is 0.290 e. The molecule has 16 heavy (non-hydrogen) atoms. The Morgan fingerprint density at radius 3 is 2.25 bits per heavy atom. The predicted octanol–water partition coefficient (Wildman–Crippen LogP) is 3.39. The summed E-state index contributed by atoms with van der Waals surface area (Å²) < 4.78 is 35.1. The van der Waals surface area contributed by atoms with Crippen LogP contribution in [0.2, 0.25) is 0 Å². The van der Waals surface area contributed by atoms with Gasteiger partial charge in [0.25, 0.3) is 0 Å². The molecule has 0 unspecified atom stereocenters. The molecule has 0 aliphatic heterocycles. The van der Waals surface area contributed by atoms with E-state index in [1.807, 2.05) is 6.07 Å². The van der Waals surface area contributed by atoms with Gasteiger partial charge in [0, 0.05) is 6.08 Å². The van der Waals surface area contributed by atoms with Gasteiger partial charge in [0.1, 0.15) is 0 Å². The number of halogens is 3. The van der Waals surface area contributed by atoms with E-state index >= 15 is 0 Å². The van der Waals surface area contributed by atoms with Crippen LogP contribution in [0.3, 0.4) is 0 Å². The predicted molar refractivity (Wildman–Crippen MR) is 55.7 cm³/mol. The lowest BCUT2D eigenvalue weighted by molar-refractivity contribution is -0.111. The molecule has 0 saturated heterocycles. The molecular weight excluding hydrogens is 217 g/mol. The van der Waals surface area contributed by atoms with E-state index in [9.17, 15) is 18.0 Å². The zero-order valence-corrected chi connectivity index (χ0v) is 8.24. The summed E-state index contributed by atoms with van der Waals surface area (Å²) in [4.78, 5) is 11.0. The van der Waals surface area contributed by atoms with Crippen LogP contribution in [-0.4, -0.2) is 12.0 Å². The highest BCUT2D eigenvalue weighted by Gasteiger charge is 2.22. The average molecular weight is 226 g/mol. The molecule has 4 heteroatoms. The van der Waals surface area contributed by atoms with Crippen LogP contribution in [0, 0.1) is 0 Å². The molecule has 0 bridgehead atoms. The number of benzene rings is 1. The van der Waals surface area contributed by atoms with E-state index in [2.05, 4.69) is 0 Å². The maximum atomic E-state index is 11.7. The minimum Gasteiger partial charge on any atom is -0.290 e. The number of carbonyl (C=O) groups is 1. The topological polar surface area (TPSA) is 17.1 Å². The molecule has 0 fully saturated rings. The number of hydrogen-bond donors (Lipinski definition) is 0. The van der Waals surface area contributed by atoms with Crippen LogP contribution in [0.25, 0.3) is 6.08 Å². The summed E-state index contributed by atoms with van der Waals surface area (Å²) in [6.07, 6.45) is -1.47. The zero-order valence-electron chi connectivity index (χ0n) is 8.24. The number of allylic oxidation sites excluding steroid dienone is 3. The van der Waals surface area contributed by atoms with Gasteiger partial charge < -0.3 is 0 Å². The van der Waals surface area contributed by atoms with E-state index in [0.717, 1.165) is 11.6 Å². The zero-order chi connectivity index (χ0) is 12.0. The van der Waals surface area contributed by atoms with Crippen molar-refractivity contribution in [1.29, 1.82) is 0 Å². The second-order valence-electron chi connectivity index (χ2n) is 3.02. The summed E-state index contributed by atoms with van der Waals surface area (Å²) in [5.74, 6) is -0.693. The fourth-order valence-electron chi connectivity index (χ4n) is 0.975. The fraction of sp³-hybridized carbons (Fsp3) is 0.0833. The summed E-state index contributed by atoms with van der Waals surface area (Å²) in [6, 6.07) is 8.85. The molecule has 1 rings (SSSR count). The Kier molecular flexibility index (Phi) is 4.05. The van der Waals surface area contributed by atoms with Crippen molar-refractivity contribution in [3.05, 3.63) is 54.1 Å². The number of carbonyl (C=O) groups excluding carboxylic acids is 1. The second kappa shape index (κ2) is 5.30. The van der Waals surface area contributed by atoms with Gasteiger partial charge in [0.05, 0.1) is 0 Å². The molecular formula is C12H9F3O. The summed E-state index contributed by atoms with van der Waals surface area (Å²) in [5.41, 5.74) is 0.760. The van der Waals surface area contributed by atoms with E-state index in [0.29, 0.717) is 6.08 Å². The number of alkyl halides is 3. The van der Waals surface area contributed by atoms with Crippen molar-refractivity contribution in [2.45, 2.75) is 6.18 Å².